The maximum atomic E-state index is 5.14. The second-order valence-electron chi connectivity index (χ2n) is 2.76. The molecule has 0 aromatic heterocycles. The summed E-state index contributed by atoms with van der Waals surface area (Å²) in [4.78, 5) is 0. The quantitative estimate of drug-likeness (QED) is 0.704. The van der Waals surface area contributed by atoms with Crippen LogP contribution in [0, 0.1) is 3.57 Å². The molecule has 1 aliphatic heterocycles. The third-order valence-corrected chi connectivity index (χ3v) is 2.97. The molecular weight excluding hydrogens is 251 g/mol. The summed E-state index contributed by atoms with van der Waals surface area (Å²) >= 11 is 2.38. The Morgan fingerprint density at radius 3 is 2.55 bits per heavy atom. The first-order valence-corrected chi connectivity index (χ1v) is 4.78. The molecule has 0 bridgehead atoms. The van der Waals surface area contributed by atoms with E-state index < -0.39 is 0 Å². The van der Waals surface area contributed by atoms with Crippen LogP contribution in [0.5, 0.6) is 0 Å². The van der Waals surface area contributed by atoms with Crippen molar-refractivity contribution in [1.29, 1.82) is 0 Å². The molecule has 11 heavy (non-hydrogen) atoms. The Bertz CT molecular complexity index is 255. The molecule has 1 aromatic carbocycles. The van der Waals surface area contributed by atoms with Crippen LogP contribution in [0.2, 0.25) is 0 Å². The Kier molecular flexibility index (Phi) is 2.13. The zero-order valence-corrected chi connectivity index (χ0v) is 8.24. The van der Waals surface area contributed by atoms with Crippen molar-refractivity contribution in [3.8, 4) is 0 Å². The first-order chi connectivity index (χ1) is 5.38. The Hall–Kier alpha value is -0.0900. The topological polar surface area (TPSA) is 9.23 Å². The van der Waals surface area contributed by atoms with Gasteiger partial charge in [-0.25, -0.2) is 0 Å². The number of halogens is 1. The van der Waals surface area contributed by atoms with Crippen molar-refractivity contribution in [2.75, 3.05) is 13.2 Å². The molecule has 1 nitrogen and oxygen atoms in total. The molecule has 2 rings (SSSR count). The van der Waals surface area contributed by atoms with Gasteiger partial charge in [0.15, 0.2) is 0 Å². The Balaban J connectivity index is 2.28. The van der Waals surface area contributed by atoms with E-state index in [9.17, 15) is 0 Å². The van der Waals surface area contributed by atoms with Gasteiger partial charge in [0.1, 0.15) is 0 Å². The van der Waals surface area contributed by atoms with Gasteiger partial charge in [0, 0.05) is 9.49 Å². The average Bonchev–Trinajstić information content (AvgIpc) is 1.90. The zero-order chi connectivity index (χ0) is 7.68. The minimum absolute atomic E-state index is 0.656. The molecule has 58 valence electrons. The van der Waals surface area contributed by atoms with Gasteiger partial charge in [-0.05, 0) is 34.2 Å². The SMILES string of the molecule is Ic1ccccc1C1COC1. The van der Waals surface area contributed by atoms with Gasteiger partial charge >= 0.3 is 0 Å². The van der Waals surface area contributed by atoms with Crippen LogP contribution in [0.1, 0.15) is 11.5 Å². The number of ether oxygens (including phenoxy) is 1. The zero-order valence-electron chi connectivity index (χ0n) is 6.09. The molecule has 0 unspecified atom stereocenters. The van der Waals surface area contributed by atoms with Gasteiger partial charge in [0.25, 0.3) is 0 Å². The van der Waals surface area contributed by atoms with Gasteiger partial charge in [0.2, 0.25) is 0 Å². The fourth-order valence-corrected chi connectivity index (χ4v) is 2.05. The first kappa shape index (κ1) is 7.55. The number of benzene rings is 1. The summed E-state index contributed by atoms with van der Waals surface area (Å²) < 4.78 is 6.50. The predicted molar refractivity (Wildman–Crippen MR) is 52.7 cm³/mol. The van der Waals surface area contributed by atoms with E-state index in [1.54, 1.807) is 0 Å². The van der Waals surface area contributed by atoms with Crippen LogP contribution in [-0.2, 0) is 4.74 Å². The Morgan fingerprint density at radius 1 is 1.27 bits per heavy atom. The van der Waals surface area contributed by atoms with E-state index in [1.807, 2.05) is 0 Å². The lowest BCUT2D eigenvalue weighted by Crippen LogP contribution is -2.25. The first-order valence-electron chi connectivity index (χ1n) is 3.70. The van der Waals surface area contributed by atoms with E-state index in [1.165, 1.54) is 9.13 Å². The Morgan fingerprint density at radius 2 is 2.00 bits per heavy atom. The van der Waals surface area contributed by atoms with Gasteiger partial charge < -0.3 is 4.74 Å². The Labute approximate surface area is 79.9 Å². The van der Waals surface area contributed by atoms with Crippen LogP contribution in [0.3, 0.4) is 0 Å². The largest absolute Gasteiger partial charge is 0.380 e. The summed E-state index contributed by atoms with van der Waals surface area (Å²) in [6.45, 7) is 1.81. The molecule has 1 aromatic rings. The van der Waals surface area contributed by atoms with Crippen LogP contribution >= 0.6 is 22.6 Å². The molecule has 2 heteroatoms. The standard InChI is InChI=1S/C9H9IO/c10-9-4-2-1-3-8(9)7-5-11-6-7/h1-4,7H,5-6H2. The fourth-order valence-electron chi connectivity index (χ4n) is 1.22. The number of rotatable bonds is 1. The molecular formula is C9H9IO. The summed E-state index contributed by atoms with van der Waals surface area (Å²) in [6.07, 6.45) is 0. The van der Waals surface area contributed by atoms with Crippen molar-refractivity contribution in [1.82, 2.24) is 0 Å². The van der Waals surface area contributed by atoms with Gasteiger partial charge in [0.05, 0.1) is 13.2 Å². The number of hydrogen-bond donors (Lipinski definition) is 0. The molecule has 0 atom stereocenters. The lowest BCUT2D eigenvalue weighted by Gasteiger charge is -2.27. The van der Waals surface area contributed by atoms with Gasteiger partial charge in [-0.2, -0.15) is 0 Å². The van der Waals surface area contributed by atoms with Crippen molar-refractivity contribution in [2.24, 2.45) is 0 Å². The predicted octanol–water partition coefficient (Wildman–Crippen LogP) is 2.41. The summed E-state index contributed by atoms with van der Waals surface area (Å²) in [6, 6.07) is 8.50. The maximum absolute atomic E-state index is 5.14. The second kappa shape index (κ2) is 3.11. The van der Waals surface area contributed by atoms with Gasteiger partial charge in [-0.1, -0.05) is 18.2 Å². The second-order valence-corrected chi connectivity index (χ2v) is 3.92. The molecule has 0 saturated carbocycles. The molecule has 1 fully saturated rings. The van der Waals surface area contributed by atoms with Crippen molar-refractivity contribution >= 4 is 22.6 Å². The summed E-state index contributed by atoms with van der Waals surface area (Å²) in [5.41, 5.74) is 1.44. The van der Waals surface area contributed by atoms with Gasteiger partial charge in [-0.15, -0.1) is 0 Å². The van der Waals surface area contributed by atoms with Crippen LogP contribution in [0.4, 0.5) is 0 Å². The van der Waals surface area contributed by atoms with E-state index in [4.69, 9.17) is 4.74 Å². The third-order valence-electron chi connectivity index (χ3n) is 1.98. The molecule has 0 amide bonds. The van der Waals surface area contributed by atoms with E-state index in [2.05, 4.69) is 46.9 Å². The third kappa shape index (κ3) is 1.42. The smallest absolute Gasteiger partial charge is 0.0557 e. The number of hydrogen-bond acceptors (Lipinski definition) is 1. The molecule has 1 saturated heterocycles. The van der Waals surface area contributed by atoms with E-state index in [0.29, 0.717) is 5.92 Å². The highest BCUT2D eigenvalue weighted by Gasteiger charge is 2.21. The minimum atomic E-state index is 0.656. The highest BCUT2D eigenvalue weighted by atomic mass is 127. The minimum Gasteiger partial charge on any atom is -0.380 e. The van der Waals surface area contributed by atoms with Crippen LogP contribution < -0.4 is 0 Å². The highest BCUT2D eigenvalue weighted by molar-refractivity contribution is 14.1. The molecule has 0 N–H and O–H groups in total. The van der Waals surface area contributed by atoms with Crippen molar-refractivity contribution in [3.05, 3.63) is 33.4 Å². The van der Waals surface area contributed by atoms with E-state index in [-0.39, 0.29) is 0 Å². The lowest BCUT2D eigenvalue weighted by molar-refractivity contribution is 0.00810. The van der Waals surface area contributed by atoms with Crippen molar-refractivity contribution in [3.63, 3.8) is 0 Å². The van der Waals surface area contributed by atoms with Crippen LogP contribution in [0.15, 0.2) is 24.3 Å². The molecule has 0 aliphatic carbocycles. The monoisotopic (exact) mass is 260 g/mol. The summed E-state index contributed by atoms with van der Waals surface area (Å²) in [5.74, 6) is 0.656. The maximum Gasteiger partial charge on any atom is 0.0557 e. The molecule has 0 radical (unpaired) electrons. The molecule has 1 heterocycles. The summed E-state index contributed by atoms with van der Waals surface area (Å²) in [7, 11) is 0. The van der Waals surface area contributed by atoms with E-state index in [0.717, 1.165) is 13.2 Å². The average molecular weight is 260 g/mol. The van der Waals surface area contributed by atoms with Gasteiger partial charge in [-0.3, -0.25) is 0 Å². The van der Waals surface area contributed by atoms with Crippen LogP contribution in [0.25, 0.3) is 0 Å². The lowest BCUT2D eigenvalue weighted by atomic mass is 9.98. The van der Waals surface area contributed by atoms with Crippen molar-refractivity contribution < 1.29 is 4.74 Å². The van der Waals surface area contributed by atoms with Crippen LogP contribution in [-0.4, -0.2) is 13.2 Å². The fraction of sp³-hybridized carbons (Fsp3) is 0.333. The normalized spacial score (nSPS) is 17.9. The highest BCUT2D eigenvalue weighted by Crippen LogP contribution is 2.27. The summed E-state index contributed by atoms with van der Waals surface area (Å²) in [5, 5.41) is 0. The molecule has 1 aliphatic rings. The molecule has 0 spiro atoms. The van der Waals surface area contributed by atoms with Crippen molar-refractivity contribution in [2.45, 2.75) is 5.92 Å². The van der Waals surface area contributed by atoms with E-state index >= 15 is 0 Å².